The molecule has 1 atom stereocenters. The SMILES string of the molecule is CNC(C)CNS(=O)(=O)c1cc(C)c(Br)s1. The van der Waals surface area contributed by atoms with E-state index in [0.29, 0.717) is 10.8 Å². The van der Waals surface area contributed by atoms with Gasteiger partial charge in [-0.2, -0.15) is 0 Å². The summed E-state index contributed by atoms with van der Waals surface area (Å²) in [4.78, 5) is 0. The standard InChI is InChI=1S/C9H15BrN2O2S2/c1-6-4-8(15-9(6)10)16(13,14)12-5-7(2)11-3/h4,7,11-12H,5H2,1-3H3. The number of sulfonamides is 1. The van der Waals surface area contributed by atoms with Crippen molar-refractivity contribution in [1.29, 1.82) is 0 Å². The minimum Gasteiger partial charge on any atom is -0.316 e. The first-order valence-electron chi connectivity index (χ1n) is 4.79. The molecule has 1 unspecified atom stereocenters. The molecular weight excluding hydrogens is 312 g/mol. The van der Waals surface area contributed by atoms with Crippen LogP contribution in [-0.2, 0) is 10.0 Å². The predicted octanol–water partition coefficient (Wildman–Crippen LogP) is 1.71. The number of hydrogen-bond acceptors (Lipinski definition) is 4. The van der Waals surface area contributed by atoms with E-state index in [4.69, 9.17) is 0 Å². The molecule has 0 saturated carbocycles. The minimum absolute atomic E-state index is 0.110. The Kier molecular flexibility index (Phi) is 4.93. The predicted molar refractivity (Wildman–Crippen MR) is 70.5 cm³/mol. The zero-order valence-electron chi connectivity index (χ0n) is 9.37. The fraction of sp³-hybridized carbons (Fsp3) is 0.556. The van der Waals surface area contributed by atoms with Crippen molar-refractivity contribution in [2.45, 2.75) is 24.1 Å². The van der Waals surface area contributed by atoms with Gasteiger partial charge in [-0.05, 0) is 48.5 Å². The zero-order valence-corrected chi connectivity index (χ0v) is 12.6. The van der Waals surface area contributed by atoms with Gasteiger partial charge in [0.05, 0.1) is 3.79 Å². The Bertz CT molecular complexity index is 437. The second kappa shape index (κ2) is 5.59. The van der Waals surface area contributed by atoms with Crippen molar-refractivity contribution in [2.24, 2.45) is 0 Å². The summed E-state index contributed by atoms with van der Waals surface area (Å²) in [7, 11) is -1.57. The van der Waals surface area contributed by atoms with Crippen LogP contribution in [0.1, 0.15) is 12.5 Å². The lowest BCUT2D eigenvalue weighted by Gasteiger charge is -2.10. The molecule has 0 fully saturated rings. The smallest absolute Gasteiger partial charge is 0.250 e. The molecule has 0 amide bonds. The van der Waals surface area contributed by atoms with Gasteiger partial charge in [0.15, 0.2) is 0 Å². The van der Waals surface area contributed by atoms with Crippen LogP contribution in [0.25, 0.3) is 0 Å². The number of thiophene rings is 1. The molecule has 0 aromatic carbocycles. The third-order valence-electron chi connectivity index (χ3n) is 2.17. The maximum absolute atomic E-state index is 11.9. The molecule has 1 aromatic heterocycles. The summed E-state index contributed by atoms with van der Waals surface area (Å²) in [6.45, 7) is 4.17. The molecule has 4 nitrogen and oxygen atoms in total. The molecule has 92 valence electrons. The third-order valence-corrected chi connectivity index (χ3v) is 6.21. The molecule has 0 bridgehead atoms. The van der Waals surface area contributed by atoms with Gasteiger partial charge >= 0.3 is 0 Å². The summed E-state index contributed by atoms with van der Waals surface area (Å²) >= 11 is 4.54. The average molecular weight is 327 g/mol. The van der Waals surface area contributed by atoms with E-state index in [1.165, 1.54) is 11.3 Å². The van der Waals surface area contributed by atoms with E-state index in [9.17, 15) is 8.42 Å². The molecule has 16 heavy (non-hydrogen) atoms. The van der Waals surface area contributed by atoms with Crippen LogP contribution in [-0.4, -0.2) is 28.1 Å². The van der Waals surface area contributed by atoms with Crippen LogP contribution in [0.15, 0.2) is 14.1 Å². The summed E-state index contributed by atoms with van der Waals surface area (Å²) in [5, 5.41) is 2.97. The zero-order chi connectivity index (χ0) is 12.3. The molecular formula is C9H15BrN2O2S2. The lowest BCUT2D eigenvalue weighted by molar-refractivity contribution is 0.556. The Hall–Kier alpha value is 0.0500. The Morgan fingerprint density at radius 2 is 2.19 bits per heavy atom. The normalized spacial score (nSPS) is 14.0. The molecule has 0 aliphatic carbocycles. The van der Waals surface area contributed by atoms with Gasteiger partial charge in [-0.25, -0.2) is 13.1 Å². The van der Waals surface area contributed by atoms with Gasteiger partial charge in [-0.3, -0.25) is 0 Å². The molecule has 1 heterocycles. The largest absolute Gasteiger partial charge is 0.316 e. The number of aryl methyl sites for hydroxylation is 1. The Labute approximate surface area is 109 Å². The Balaban J connectivity index is 2.78. The van der Waals surface area contributed by atoms with Crippen LogP contribution in [0, 0.1) is 6.92 Å². The summed E-state index contributed by atoms with van der Waals surface area (Å²) in [5.74, 6) is 0. The van der Waals surface area contributed by atoms with E-state index in [2.05, 4.69) is 26.0 Å². The van der Waals surface area contributed by atoms with Crippen molar-refractivity contribution in [3.8, 4) is 0 Å². The van der Waals surface area contributed by atoms with E-state index in [0.717, 1.165) is 9.35 Å². The van der Waals surface area contributed by atoms with E-state index in [-0.39, 0.29) is 6.04 Å². The highest BCUT2D eigenvalue weighted by molar-refractivity contribution is 9.11. The number of rotatable bonds is 5. The van der Waals surface area contributed by atoms with E-state index >= 15 is 0 Å². The highest BCUT2D eigenvalue weighted by Crippen LogP contribution is 2.30. The monoisotopic (exact) mass is 326 g/mol. The molecule has 2 N–H and O–H groups in total. The van der Waals surface area contributed by atoms with Gasteiger partial charge in [0.2, 0.25) is 10.0 Å². The number of likely N-dealkylation sites (N-methyl/N-ethyl adjacent to an activating group) is 1. The maximum Gasteiger partial charge on any atom is 0.250 e. The van der Waals surface area contributed by atoms with Gasteiger partial charge in [0.1, 0.15) is 4.21 Å². The summed E-state index contributed by atoms with van der Waals surface area (Å²) in [6.07, 6.45) is 0. The van der Waals surface area contributed by atoms with Gasteiger partial charge < -0.3 is 5.32 Å². The highest BCUT2D eigenvalue weighted by Gasteiger charge is 2.18. The van der Waals surface area contributed by atoms with Crippen molar-refractivity contribution in [3.05, 3.63) is 15.4 Å². The van der Waals surface area contributed by atoms with Gasteiger partial charge in [-0.15, -0.1) is 11.3 Å². The molecule has 0 saturated heterocycles. The molecule has 1 rings (SSSR count). The third kappa shape index (κ3) is 3.53. The van der Waals surface area contributed by atoms with Gasteiger partial charge in [0, 0.05) is 12.6 Å². The van der Waals surface area contributed by atoms with E-state index in [1.54, 1.807) is 13.1 Å². The maximum atomic E-state index is 11.9. The topological polar surface area (TPSA) is 58.2 Å². The quantitative estimate of drug-likeness (QED) is 0.866. The van der Waals surface area contributed by atoms with E-state index < -0.39 is 10.0 Å². The van der Waals surface area contributed by atoms with Crippen LogP contribution in [0.4, 0.5) is 0 Å². The molecule has 0 aliphatic heterocycles. The van der Waals surface area contributed by atoms with Crippen LogP contribution in [0.2, 0.25) is 0 Å². The molecule has 1 aromatic rings. The average Bonchev–Trinajstić information content (AvgIpc) is 2.56. The first-order chi connectivity index (χ1) is 7.36. The highest BCUT2D eigenvalue weighted by atomic mass is 79.9. The lowest BCUT2D eigenvalue weighted by atomic mass is 10.4. The molecule has 0 radical (unpaired) electrons. The second-order valence-electron chi connectivity index (χ2n) is 3.56. The van der Waals surface area contributed by atoms with Gasteiger partial charge in [-0.1, -0.05) is 0 Å². The van der Waals surface area contributed by atoms with Crippen molar-refractivity contribution in [3.63, 3.8) is 0 Å². The second-order valence-corrected chi connectivity index (χ2v) is 7.93. The van der Waals surface area contributed by atoms with Crippen LogP contribution in [0.5, 0.6) is 0 Å². The Morgan fingerprint density at radius 3 is 2.62 bits per heavy atom. The Morgan fingerprint density at radius 1 is 1.56 bits per heavy atom. The van der Waals surface area contributed by atoms with Crippen LogP contribution >= 0.6 is 27.3 Å². The summed E-state index contributed by atoms with van der Waals surface area (Å²) in [6, 6.07) is 1.78. The van der Waals surface area contributed by atoms with Crippen molar-refractivity contribution >= 4 is 37.3 Å². The number of halogens is 1. The van der Waals surface area contributed by atoms with Crippen molar-refractivity contribution in [2.75, 3.05) is 13.6 Å². The first kappa shape index (κ1) is 14.1. The molecule has 0 aliphatic rings. The lowest BCUT2D eigenvalue weighted by Crippen LogP contribution is -2.36. The molecule has 7 heteroatoms. The van der Waals surface area contributed by atoms with Crippen LogP contribution < -0.4 is 10.0 Å². The first-order valence-corrected chi connectivity index (χ1v) is 7.89. The molecule has 0 spiro atoms. The summed E-state index contributed by atoms with van der Waals surface area (Å²) in [5.41, 5.74) is 0.937. The summed E-state index contributed by atoms with van der Waals surface area (Å²) < 4.78 is 27.5. The number of nitrogens with one attached hydrogen (secondary N) is 2. The fourth-order valence-corrected chi connectivity index (χ4v) is 4.37. The van der Waals surface area contributed by atoms with Crippen molar-refractivity contribution < 1.29 is 8.42 Å². The number of hydrogen-bond donors (Lipinski definition) is 2. The van der Waals surface area contributed by atoms with Crippen LogP contribution in [0.3, 0.4) is 0 Å². The van der Waals surface area contributed by atoms with Gasteiger partial charge in [0.25, 0.3) is 0 Å². The minimum atomic E-state index is -3.37. The fourth-order valence-electron chi connectivity index (χ4n) is 0.972. The van der Waals surface area contributed by atoms with E-state index in [1.807, 2.05) is 13.8 Å². The van der Waals surface area contributed by atoms with Crippen molar-refractivity contribution in [1.82, 2.24) is 10.0 Å².